The molecule has 0 N–H and O–H groups in total. The average molecular weight is 729 g/mol. The number of hydrogen-bond acceptors (Lipinski definition) is 10. The predicted octanol–water partition coefficient (Wildman–Crippen LogP) is 6.52. The van der Waals surface area contributed by atoms with Gasteiger partial charge >= 0.3 is 11.9 Å². The molecule has 1 saturated heterocycles. The van der Waals surface area contributed by atoms with Gasteiger partial charge < -0.3 is 14.2 Å². The van der Waals surface area contributed by atoms with Crippen LogP contribution in [0.4, 0.5) is 0 Å². The van der Waals surface area contributed by atoms with Crippen LogP contribution < -0.4 is 0 Å². The van der Waals surface area contributed by atoms with E-state index in [2.05, 4.69) is 6.58 Å². The van der Waals surface area contributed by atoms with Crippen LogP contribution in [0.15, 0.2) is 68.4 Å². The van der Waals surface area contributed by atoms with Gasteiger partial charge in [0.2, 0.25) is 0 Å². The zero-order chi connectivity index (χ0) is 39.9. The molecule has 53 heavy (non-hydrogen) atoms. The fourth-order valence-electron chi connectivity index (χ4n) is 9.13. The Morgan fingerprint density at radius 3 is 1.72 bits per heavy atom. The zero-order valence-corrected chi connectivity index (χ0v) is 33.1. The van der Waals surface area contributed by atoms with E-state index in [0.29, 0.717) is 51.9 Å². The molecule has 0 radical (unpaired) electrons. The van der Waals surface area contributed by atoms with Crippen molar-refractivity contribution >= 4 is 40.9 Å². The van der Waals surface area contributed by atoms with Gasteiger partial charge in [-0.15, -0.1) is 0 Å². The fraction of sp³-hybridized carbons (Fsp3) is 0.558. The van der Waals surface area contributed by atoms with E-state index in [1.807, 2.05) is 13.8 Å². The molecule has 0 aromatic carbocycles. The van der Waals surface area contributed by atoms with Crippen molar-refractivity contribution in [1.82, 2.24) is 0 Å². The Hall–Kier alpha value is -4.31. The Morgan fingerprint density at radius 2 is 1.23 bits per heavy atom. The second-order valence-electron chi connectivity index (χ2n) is 17.1. The Bertz CT molecular complexity index is 1970. The third-order valence-electron chi connectivity index (χ3n) is 12.8. The number of fused-ring (bicyclic) bond motifs is 3. The van der Waals surface area contributed by atoms with Gasteiger partial charge in [-0.2, -0.15) is 0 Å². The van der Waals surface area contributed by atoms with Gasteiger partial charge in [0, 0.05) is 72.3 Å². The maximum absolute atomic E-state index is 13.6. The Morgan fingerprint density at radius 1 is 0.774 bits per heavy atom. The molecule has 5 atom stereocenters. The van der Waals surface area contributed by atoms with Crippen LogP contribution in [0.5, 0.6) is 0 Å². The average Bonchev–Trinajstić information content (AvgIpc) is 3.85. The number of carbonyl (C=O) groups is 7. The maximum Gasteiger partial charge on any atom is 0.306 e. The van der Waals surface area contributed by atoms with Crippen LogP contribution in [-0.4, -0.2) is 65.3 Å². The Kier molecular flexibility index (Phi) is 9.95. The molecule has 284 valence electrons. The number of hydrogen-bond donors (Lipinski definition) is 0. The molecular formula is C43H52O10. The number of allylic oxidation sites excluding steroid dienone is 8. The summed E-state index contributed by atoms with van der Waals surface area (Å²) in [5.41, 5.74) is -0.0299. The highest BCUT2D eigenvalue weighted by Gasteiger charge is 2.74. The summed E-state index contributed by atoms with van der Waals surface area (Å²) in [7, 11) is 0. The first-order valence-corrected chi connectivity index (χ1v) is 18.3. The van der Waals surface area contributed by atoms with Gasteiger partial charge in [-0.25, -0.2) is 0 Å². The lowest BCUT2D eigenvalue weighted by atomic mass is 9.57. The molecular weight excluding hydrogens is 676 g/mol. The lowest BCUT2D eigenvalue weighted by Crippen LogP contribution is -2.51. The predicted molar refractivity (Wildman–Crippen MR) is 196 cm³/mol. The van der Waals surface area contributed by atoms with Crippen molar-refractivity contribution in [1.29, 1.82) is 0 Å². The molecule has 0 aromatic rings. The molecule has 1 saturated carbocycles. The first kappa shape index (κ1) is 39.9. The fourth-order valence-corrected chi connectivity index (χ4v) is 9.13. The molecule has 4 aliphatic carbocycles. The zero-order valence-electron chi connectivity index (χ0n) is 33.1. The van der Waals surface area contributed by atoms with Crippen molar-refractivity contribution in [3.63, 3.8) is 0 Å². The van der Waals surface area contributed by atoms with Crippen LogP contribution in [0.25, 0.3) is 0 Å². The number of rotatable bonds is 10. The topological polar surface area (TPSA) is 150 Å². The van der Waals surface area contributed by atoms with Crippen molar-refractivity contribution in [2.75, 3.05) is 6.61 Å². The van der Waals surface area contributed by atoms with E-state index in [1.165, 1.54) is 0 Å². The monoisotopic (exact) mass is 728 g/mol. The molecule has 5 rings (SSSR count). The lowest BCUT2D eigenvalue weighted by Gasteiger charge is -2.47. The van der Waals surface area contributed by atoms with Gasteiger partial charge in [-0.05, 0) is 60.5 Å². The summed E-state index contributed by atoms with van der Waals surface area (Å²) in [5, 5.41) is 0. The van der Waals surface area contributed by atoms with Crippen LogP contribution in [0.3, 0.4) is 0 Å². The van der Waals surface area contributed by atoms with Crippen molar-refractivity contribution in [2.45, 2.75) is 127 Å². The van der Waals surface area contributed by atoms with Crippen LogP contribution in [0, 0.1) is 22.2 Å². The summed E-state index contributed by atoms with van der Waals surface area (Å²) in [4.78, 5) is 92.3. The smallest absolute Gasteiger partial charge is 0.306 e. The molecule has 0 unspecified atom stereocenters. The van der Waals surface area contributed by atoms with Crippen LogP contribution in [-0.2, 0) is 47.8 Å². The van der Waals surface area contributed by atoms with E-state index in [4.69, 9.17) is 14.2 Å². The number of esters is 2. The number of epoxide rings is 1. The Balaban J connectivity index is 1.25. The molecule has 1 heterocycles. The number of Topliss-reactive ketones (excluding diaryl/α,β-unsaturated/α-hetero) is 4. The number of carbonyl (C=O) groups excluding carboxylic acids is 7. The van der Waals surface area contributed by atoms with Gasteiger partial charge in [0.1, 0.15) is 18.8 Å². The lowest BCUT2D eigenvalue weighted by molar-refractivity contribution is -0.158. The third kappa shape index (κ3) is 6.20. The van der Waals surface area contributed by atoms with Gasteiger partial charge in [0.15, 0.2) is 34.5 Å². The highest BCUT2D eigenvalue weighted by molar-refractivity contribution is 6.26. The minimum atomic E-state index is -1.40. The standard InChI is InChI=1S/C43H52O10/c1-20(19-51-31(45)17-40(9,10)33-25(6)35(47)21(2)23(4)37(33)49)43-30(44)16-28-14-15-29(27(8)42(28,13)39(43)53-43)52-32(46)18-41(11,12)34-26(7)36(48)22(3)24(5)38(34)50/h16,27,29,39H,1,14-15,17-19H2,2-13H3/t27-,29+,39+,42+,43-/m0/s1. The minimum absolute atomic E-state index is 0.105. The van der Waals surface area contributed by atoms with Gasteiger partial charge in [-0.3, -0.25) is 33.6 Å². The highest BCUT2D eigenvalue weighted by Crippen LogP contribution is 2.64. The molecule has 0 aromatic heterocycles. The van der Waals surface area contributed by atoms with Crippen molar-refractivity contribution in [2.24, 2.45) is 22.2 Å². The summed E-state index contributed by atoms with van der Waals surface area (Å²) >= 11 is 0. The molecule has 0 amide bonds. The van der Waals surface area contributed by atoms with Crippen molar-refractivity contribution in [3.05, 3.63) is 68.4 Å². The summed E-state index contributed by atoms with van der Waals surface area (Å²) < 4.78 is 18.0. The molecule has 1 aliphatic heterocycles. The van der Waals surface area contributed by atoms with E-state index >= 15 is 0 Å². The second kappa shape index (κ2) is 13.2. The van der Waals surface area contributed by atoms with Crippen LogP contribution >= 0.6 is 0 Å². The van der Waals surface area contributed by atoms with E-state index in [0.717, 1.165) is 5.57 Å². The van der Waals surface area contributed by atoms with Crippen LogP contribution in [0.2, 0.25) is 0 Å². The molecule has 5 aliphatic rings. The van der Waals surface area contributed by atoms with Crippen molar-refractivity contribution < 1.29 is 47.8 Å². The summed E-state index contributed by atoms with van der Waals surface area (Å²) in [6, 6.07) is 0. The normalized spacial score (nSPS) is 29.3. The second-order valence-corrected chi connectivity index (χ2v) is 17.1. The Labute approximate surface area is 311 Å². The summed E-state index contributed by atoms with van der Waals surface area (Å²) in [6.07, 6.45) is 1.18. The van der Waals surface area contributed by atoms with E-state index in [9.17, 15) is 33.6 Å². The highest BCUT2D eigenvalue weighted by atomic mass is 16.6. The quantitative estimate of drug-likeness (QED) is 0.105. The largest absolute Gasteiger partial charge is 0.462 e. The molecule has 0 spiro atoms. The van der Waals surface area contributed by atoms with Gasteiger partial charge in [0.25, 0.3) is 0 Å². The van der Waals surface area contributed by atoms with Gasteiger partial charge in [-0.1, -0.05) is 53.7 Å². The SMILES string of the molecule is C=C(COC(=O)CC(C)(C)C1=C(C)C(=O)C(C)=C(C)C1=O)[C@@]12O[C@@H]1[C@@]1(C)C(=CC2=O)CC[C@@H](OC(=O)CC(C)(C)C2=C(C)C(=O)C(C)=C(C)C2=O)[C@@H]1C. The minimum Gasteiger partial charge on any atom is -0.462 e. The summed E-state index contributed by atoms with van der Waals surface area (Å²) in [5.74, 6) is -2.58. The number of ether oxygens (including phenoxy) is 3. The van der Waals surface area contributed by atoms with Crippen molar-refractivity contribution in [3.8, 4) is 0 Å². The summed E-state index contributed by atoms with van der Waals surface area (Å²) in [6.45, 7) is 24.5. The first-order valence-electron chi connectivity index (χ1n) is 18.3. The number of ketones is 5. The van der Waals surface area contributed by atoms with E-state index < -0.39 is 46.0 Å². The molecule has 10 nitrogen and oxygen atoms in total. The molecule has 10 heteroatoms. The molecule has 0 bridgehead atoms. The van der Waals surface area contributed by atoms with Crippen LogP contribution in [0.1, 0.15) is 109 Å². The maximum atomic E-state index is 13.6. The van der Waals surface area contributed by atoms with E-state index in [1.54, 1.807) is 75.3 Å². The van der Waals surface area contributed by atoms with Gasteiger partial charge in [0.05, 0.1) is 12.8 Å². The third-order valence-corrected chi connectivity index (χ3v) is 12.8. The molecule has 2 fully saturated rings. The van der Waals surface area contributed by atoms with E-state index in [-0.39, 0.29) is 65.4 Å². The first-order chi connectivity index (χ1) is 24.4.